The van der Waals surface area contributed by atoms with Crippen LogP contribution in [0.15, 0.2) is 0 Å². The molecule has 4 unspecified atom stereocenters. The van der Waals surface area contributed by atoms with E-state index >= 15 is 0 Å². The minimum Gasteiger partial charge on any atom is -0.315 e. The topological polar surface area (TPSA) is 18.5 Å². The van der Waals surface area contributed by atoms with Crippen LogP contribution in [-0.2, 0) is 0 Å². The summed E-state index contributed by atoms with van der Waals surface area (Å²) >= 11 is 0. The van der Waals surface area contributed by atoms with E-state index in [1.807, 2.05) is 0 Å². The van der Waals surface area contributed by atoms with Gasteiger partial charge in [0.15, 0.2) is 0 Å². The number of hydrogen-bond acceptors (Lipinski definition) is 3. The summed E-state index contributed by atoms with van der Waals surface area (Å²) in [5.74, 6) is 1.83. The second kappa shape index (κ2) is 5.48. The lowest BCUT2D eigenvalue weighted by Crippen LogP contribution is -2.56. The number of fused-ring (bicyclic) bond motifs is 1. The molecule has 1 N–H and O–H groups in total. The van der Waals surface area contributed by atoms with Gasteiger partial charge in [-0.25, -0.2) is 0 Å². The van der Waals surface area contributed by atoms with Gasteiger partial charge < -0.3 is 10.2 Å². The Balaban J connectivity index is 1.63. The molecule has 0 spiro atoms. The van der Waals surface area contributed by atoms with Crippen LogP contribution in [-0.4, -0.2) is 61.7 Å². The van der Waals surface area contributed by atoms with E-state index in [-0.39, 0.29) is 0 Å². The fourth-order valence-corrected chi connectivity index (χ4v) is 4.54. The summed E-state index contributed by atoms with van der Waals surface area (Å²) in [6.45, 7) is 8.83. The first kappa shape index (κ1) is 12.9. The van der Waals surface area contributed by atoms with Crippen LogP contribution in [0.25, 0.3) is 0 Å². The highest BCUT2D eigenvalue weighted by Crippen LogP contribution is 2.32. The van der Waals surface area contributed by atoms with Crippen LogP contribution in [0.2, 0.25) is 0 Å². The van der Waals surface area contributed by atoms with Gasteiger partial charge in [-0.15, -0.1) is 0 Å². The van der Waals surface area contributed by atoms with Crippen LogP contribution in [0.1, 0.15) is 32.6 Å². The monoisotopic (exact) mass is 251 g/mol. The van der Waals surface area contributed by atoms with Crippen molar-refractivity contribution in [3.8, 4) is 0 Å². The average molecular weight is 251 g/mol. The lowest BCUT2D eigenvalue weighted by Gasteiger charge is -2.48. The maximum atomic E-state index is 3.60. The van der Waals surface area contributed by atoms with Crippen LogP contribution in [0.4, 0.5) is 0 Å². The molecule has 3 saturated heterocycles. The molecule has 0 bridgehead atoms. The first-order valence-electron chi connectivity index (χ1n) is 7.94. The first-order valence-corrected chi connectivity index (χ1v) is 7.94. The first-order chi connectivity index (χ1) is 8.79. The van der Waals surface area contributed by atoms with Crippen molar-refractivity contribution in [1.82, 2.24) is 15.1 Å². The van der Waals surface area contributed by atoms with Gasteiger partial charge >= 0.3 is 0 Å². The van der Waals surface area contributed by atoms with Crippen molar-refractivity contribution in [3.05, 3.63) is 0 Å². The molecule has 0 aromatic carbocycles. The third-order valence-electron chi connectivity index (χ3n) is 5.67. The largest absolute Gasteiger partial charge is 0.315 e. The zero-order valence-corrected chi connectivity index (χ0v) is 12.1. The smallest absolute Gasteiger partial charge is 0.0260 e. The molecule has 18 heavy (non-hydrogen) atoms. The molecular formula is C15H29N3. The van der Waals surface area contributed by atoms with Crippen molar-refractivity contribution < 1.29 is 0 Å². The lowest BCUT2D eigenvalue weighted by molar-refractivity contribution is 0.0152. The third-order valence-corrected chi connectivity index (χ3v) is 5.67. The van der Waals surface area contributed by atoms with E-state index in [4.69, 9.17) is 0 Å². The molecule has 3 heterocycles. The molecule has 104 valence electrons. The van der Waals surface area contributed by atoms with Crippen LogP contribution < -0.4 is 5.32 Å². The standard InChI is InChI=1S/C15H29N3/c1-3-12-9-16-10-15(12)18-8-6-14-13(11-18)5-4-7-17(14)2/h12-16H,3-11H2,1-2H3. The number of piperidine rings is 2. The number of nitrogens with one attached hydrogen (secondary N) is 1. The molecule has 3 heteroatoms. The number of nitrogens with zero attached hydrogens (tertiary/aromatic N) is 2. The van der Waals surface area contributed by atoms with E-state index in [2.05, 4.69) is 29.1 Å². The lowest BCUT2D eigenvalue weighted by atomic mass is 9.83. The summed E-state index contributed by atoms with van der Waals surface area (Å²) in [5, 5.41) is 3.60. The highest BCUT2D eigenvalue weighted by molar-refractivity contribution is 4.95. The van der Waals surface area contributed by atoms with Crippen LogP contribution in [0.3, 0.4) is 0 Å². The molecule has 0 radical (unpaired) electrons. The van der Waals surface area contributed by atoms with E-state index in [0.29, 0.717) is 0 Å². The number of rotatable bonds is 2. The zero-order chi connectivity index (χ0) is 12.5. The molecule has 3 aliphatic rings. The fraction of sp³-hybridized carbons (Fsp3) is 1.00. The molecule has 4 atom stereocenters. The van der Waals surface area contributed by atoms with Crippen molar-refractivity contribution in [3.63, 3.8) is 0 Å². The number of likely N-dealkylation sites (tertiary alicyclic amines) is 2. The Labute approximate surface area is 112 Å². The molecule has 3 fully saturated rings. The van der Waals surface area contributed by atoms with E-state index in [1.54, 1.807) is 0 Å². The van der Waals surface area contributed by atoms with Crippen molar-refractivity contribution in [2.45, 2.75) is 44.7 Å². The second-order valence-corrected chi connectivity index (χ2v) is 6.63. The van der Waals surface area contributed by atoms with Gasteiger partial charge in [-0.3, -0.25) is 4.90 Å². The second-order valence-electron chi connectivity index (χ2n) is 6.63. The Kier molecular flexibility index (Phi) is 3.92. The zero-order valence-electron chi connectivity index (χ0n) is 12.1. The predicted octanol–water partition coefficient (Wildman–Crippen LogP) is 1.40. The SMILES string of the molecule is CCC1CNCC1N1CCC2C(CCCN2C)C1. The Hall–Kier alpha value is -0.120. The van der Waals surface area contributed by atoms with Crippen molar-refractivity contribution >= 4 is 0 Å². The molecular weight excluding hydrogens is 222 g/mol. The summed E-state index contributed by atoms with van der Waals surface area (Å²) in [5.41, 5.74) is 0. The van der Waals surface area contributed by atoms with Gasteiger partial charge in [0.25, 0.3) is 0 Å². The summed E-state index contributed by atoms with van der Waals surface area (Å²) < 4.78 is 0. The average Bonchev–Trinajstić information content (AvgIpc) is 2.87. The molecule has 0 aromatic heterocycles. The Bertz CT molecular complexity index is 281. The van der Waals surface area contributed by atoms with Crippen molar-refractivity contribution in [2.24, 2.45) is 11.8 Å². The molecule has 0 aromatic rings. The highest BCUT2D eigenvalue weighted by atomic mass is 15.2. The summed E-state index contributed by atoms with van der Waals surface area (Å²) in [6.07, 6.45) is 5.60. The molecule has 3 nitrogen and oxygen atoms in total. The molecule has 0 amide bonds. The molecule has 0 saturated carbocycles. The molecule has 3 aliphatic heterocycles. The Morgan fingerprint density at radius 2 is 2.00 bits per heavy atom. The maximum absolute atomic E-state index is 3.60. The fourth-order valence-electron chi connectivity index (χ4n) is 4.54. The summed E-state index contributed by atoms with van der Waals surface area (Å²) in [6, 6.07) is 1.70. The minimum absolute atomic E-state index is 0.822. The van der Waals surface area contributed by atoms with Gasteiger partial charge in [-0.05, 0) is 51.2 Å². The van der Waals surface area contributed by atoms with Gasteiger partial charge in [-0.2, -0.15) is 0 Å². The highest BCUT2D eigenvalue weighted by Gasteiger charge is 2.39. The van der Waals surface area contributed by atoms with Crippen molar-refractivity contribution in [2.75, 3.05) is 39.8 Å². The number of hydrogen-bond donors (Lipinski definition) is 1. The third kappa shape index (κ3) is 2.33. The summed E-state index contributed by atoms with van der Waals surface area (Å²) in [4.78, 5) is 5.43. The van der Waals surface area contributed by atoms with Gasteiger partial charge in [-0.1, -0.05) is 13.3 Å². The van der Waals surface area contributed by atoms with Gasteiger partial charge in [0, 0.05) is 31.7 Å². The van der Waals surface area contributed by atoms with E-state index in [1.165, 1.54) is 58.4 Å². The summed E-state index contributed by atoms with van der Waals surface area (Å²) in [7, 11) is 2.33. The van der Waals surface area contributed by atoms with Gasteiger partial charge in [0.05, 0.1) is 0 Å². The van der Waals surface area contributed by atoms with Crippen LogP contribution >= 0.6 is 0 Å². The quantitative estimate of drug-likeness (QED) is 0.800. The minimum atomic E-state index is 0.822. The van der Waals surface area contributed by atoms with E-state index < -0.39 is 0 Å². The Morgan fingerprint density at radius 1 is 1.11 bits per heavy atom. The van der Waals surface area contributed by atoms with Gasteiger partial charge in [0.2, 0.25) is 0 Å². The van der Waals surface area contributed by atoms with Crippen LogP contribution in [0, 0.1) is 11.8 Å². The van der Waals surface area contributed by atoms with Crippen molar-refractivity contribution in [1.29, 1.82) is 0 Å². The van der Waals surface area contributed by atoms with E-state index in [0.717, 1.165) is 23.9 Å². The van der Waals surface area contributed by atoms with Crippen LogP contribution in [0.5, 0.6) is 0 Å². The predicted molar refractivity (Wildman–Crippen MR) is 75.8 cm³/mol. The van der Waals surface area contributed by atoms with Gasteiger partial charge in [0.1, 0.15) is 0 Å². The molecule has 3 rings (SSSR count). The molecule has 0 aliphatic carbocycles. The normalized spacial score (nSPS) is 43.0. The van der Waals surface area contributed by atoms with E-state index in [9.17, 15) is 0 Å². The maximum Gasteiger partial charge on any atom is 0.0260 e. The Morgan fingerprint density at radius 3 is 2.83 bits per heavy atom.